The van der Waals surface area contributed by atoms with Crippen LogP contribution in [-0.2, 0) is 9.59 Å². The highest BCUT2D eigenvalue weighted by Gasteiger charge is 2.46. The molecule has 3 aromatic carbocycles. The number of Topliss-reactive ketones (excluding diaryl/α,β-unsaturated/α-hetero) is 1. The first-order valence-electron chi connectivity index (χ1n) is 13.2. The van der Waals surface area contributed by atoms with E-state index < -0.39 is 17.7 Å². The van der Waals surface area contributed by atoms with Crippen molar-refractivity contribution in [3.63, 3.8) is 0 Å². The lowest BCUT2D eigenvalue weighted by molar-refractivity contribution is -0.140. The highest BCUT2D eigenvalue weighted by molar-refractivity contribution is 6.46. The number of hydrogen-bond acceptors (Lipinski definition) is 6. The predicted octanol–water partition coefficient (Wildman–Crippen LogP) is 5.81. The number of aliphatic hydroxyl groups excluding tert-OH is 1. The number of benzene rings is 3. The van der Waals surface area contributed by atoms with Gasteiger partial charge in [-0.15, -0.1) is 0 Å². The van der Waals surface area contributed by atoms with Gasteiger partial charge in [0.15, 0.2) is 0 Å². The lowest BCUT2D eigenvalue weighted by atomic mass is 9.94. The van der Waals surface area contributed by atoms with Crippen LogP contribution in [0.15, 0.2) is 78.4 Å². The van der Waals surface area contributed by atoms with Crippen molar-refractivity contribution in [3.8, 4) is 17.2 Å². The molecule has 1 N–H and O–H groups in total. The van der Waals surface area contributed by atoms with Gasteiger partial charge in [-0.25, -0.2) is 0 Å². The minimum Gasteiger partial charge on any atom is -0.507 e. The van der Waals surface area contributed by atoms with E-state index in [0.717, 1.165) is 5.56 Å². The van der Waals surface area contributed by atoms with E-state index in [2.05, 4.69) is 13.8 Å². The number of aryl methyl sites for hydroxylation is 1. The van der Waals surface area contributed by atoms with Crippen molar-refractivity contribution in [1.82, 2.24) is 9.80 Å². The second kappa shape index (κ2) is 12.2. The maximum absolute atomic E-state index is 13.4. The van der Waals surface area contributed by atoms with Crippen molar-refractivity contribution >= 4 is 17.4 Å². The maximum Gasteiger partial charge on any atom is 0.295 e. The number of para-hydroxylation sites is 1. The lowest BCUT2D eigenvalue weighted by Crippen LogP contribution is -2.35. The van der Waals surface area contributed by atoms with Gasteiger partial charge in [-0.1, -0.05) is 44.2 Å². The molecule has 39 heavy (non-hydrogen) atoms. The Balaban J connectivity index is 1.76. The van der Waals surface area contributed by atoms with Crippen LogP contribution >= 0.6 is 0 Å². The minimum absolute atomic E-state index is 0.0610. The molecular formula is C32H36N2O5. The molecule has 1 aliphatic heterocycles. The molecule has 0 unspecified atom stereocenters. The molecule has 0 aliphatic carbocycles. The number of amides is 1. The van der Waals surface area contributed by atoms with Crippen molar-refractivity contribution in [2.24, 2.45) is 5.92 Å². The van der Waals surface area contributed by atoms with E-state index in [0.29, 0.717) is 54.0 Å². The molecule has 1 saturated heterocycles. The summed E-state index contributed by atoms with van der Waals surface area (Å²) in [5, 5.41) is 11.5. The summed E-state index contributed by atoms with van der Waals surface area (Å²) in [6.45, 7) is 7.50. The molecule has 1 fully saturated rings. The normalized spacial score (nSPS) is 16.8. The van der Waals surface area contributed by atoms with Crippen LogP contribution in [0.5, 0.6) is 17.2 Å². The number of nitrogens with zero attached hydrogens (tertiary/aromatic N) is 2. The predicted molar refractivity (Wildman–Crippen MR) is 152 cm³/mol. The van der Waals surface area contributed by atoms with E-state index in [1.165, 1.54) is 4.90 Å². The number of rotatable bonds is 10. The third-order valence-corrected chi connectivity index (χ3v) is 6.50. The zero-order chi connectivity index (χ0) is 28.1. The maximum atomic E-state index is 13.4. The molecular weight excluding hydrogens is 492 g/mol. The molecule has 4 rings (SSSR count). The van der Waals surface area contributed by atoms with Crippen molar-refractivity contribution in [2.45, 2.75) is 26.8 Å². The van der Waals surface area contributed by atoms with Gasteiger partial charge in [-0.05, 0) is 80.5 Å². The molecule has 0 spiro atoms. The SMILES string of the molecule is Cc1cc(/C(O)=C2\C(=O)C(=O)N(CCN(C)C)[C@H]2c2cccc(Oc3ccccc3)c2)ccc1OCC(C)C. The minimum atomic E-state index is -0.763. The third-order valence-electron chi connectivity index (χ3n) is 6.50. The fourth-order valence-corrected chi connectivity index (χ4v) is 4.51. The number of hydrogen-bond donors (Lipinski definition) is 1. The van der Waals surface area contributed by atoms with Crippen molar-refractivity contribution in [2.75, 3.05) is 33.8 Å². The van der Waals surface area contributed by atoms with Crippen LogP contribution in [0.1, 0.15) is 36.6 Å². The Hall–Kier alpha value is -4.10. The molecule has 0 radical (unpaired) electrons. The Morgan fingerprint density at radius 1 is 0.974 bits per heavy atom. The summed E-state index contributed by atoms with van der Waals surface area (Å²) in [6.07, 6.45) is 0. The zero-order valence-corrected chi connectivity index (χ0v) is 23.2. The summed E-state index contributed by atoms with van der Waals surface area (Å²) in [5.41, 5.74) is 2.02. The molecule has 3 aromatic rings. The summed E-state index contributed by atoms with van der Waals surface area (Å²) in [7, 11) is 3.82. The largest absolute Gasteiger partial charge is 0.507 e. The first-order valence-corrected chi connectivity index (χ1v) is 13.2. The van der Waals surface area contributed by atoms with Crippen LogP contribution in [0.25, 0.3) is 5.76 Å². The van der Waals surface area contributed by atoms with Crippen molar-refractivity contribution < 1.29 is 24.2 Å². The Kier molecular flexibility index (Phi) is 8.72. The summed E-state index contributed by atoms with van der Waals surface area (Å²) in [5.74, 6) is 0.783. The van der Waals surface area contributed by atoms with E-state index in [1.807, 2.05) is 80.5 Å². The average Bonchev–Trinajstić information content (AvgIpc) is 3.16. The van der Waals surface area contributed by atoms with Gasteiger partial charge in [0.1, 0.15) is 23.0 Å². The van der Waals surface area contributed by atoms with Crippen LogP contribution in [0.3, 0.4) is 0 Å². The lowest BCUT2D eigenvalue weighted by Gasteiger charge is -2.27. The van der Waals surface area contributed by atoms with Crippen LogP contribution < -0.4 is 9.47 Å². The van der Waals surface area contributed by atoms with Gasteiger partial charge >= 0.3 is 0 Å². The van der Waals surface area contributed by atoms with E-state index in [-0.39, 0.29) is 11.3 Å². The van der Waals surface area contributed by atoms with E-state index in [9.17, 15) is 14.7 Å². The molecule has 7 nitrogen and oxygen atoms in total. The number of ether oxygens (including phenoxy) is 2. The summed E-state index contributed by atoms with van der Waals surface area (Å²) in [6, 6.07) is 21.2. The first kappa shape index (κ1) is 27.9. The smallest absolute Gasteiger partial charge is 0.295 e. The summed E-state index contributed by atoms with van der Waals surface area (Å²) >= 11 is 0. The molecule has 1 amide bonds. The number of carbonyl (C=O) groups is 2. The van der Waals surface area contributed by atoms with Gasteiger partial charge in [-0.2, -0.15) is 0 Å². The van der Waals surface area contributed by atoms with Gasteiger partial charge in [0.25, 0.3) is 11.7 Å². The van der Waals surface area contributed by atoms with Gasteiger partial charge in [-0.3, -0.25) is 9.59 Å². The third kappa shape index (κ3) is 6.49. The number of ketones is 1. The molecule has 0 bridgehead atoms. The van der Waals surface area contributed by atoms with Crippen LogP contribution in [0.4, 0.5) is 0 Å². The fraction of sp³-hybridized carbons (Fsp3) is 0.312. The van der Waals surface area contributed by atoms with Crippen molar-refractivity contribution in [3.05, 3.63) is 95.1 Å². The van der Waals surface area contributed by atoms with Gasteiger partial charge < -0.3 is 24.4 Å². The summed E-state index contributed by atoms with van der Waals surface area (Å²) < 4.78 is 11.9. The van der Waals surface area contributed by atoms with Crippen LogP contribution in [0.2, 0.25) is 0 Å². The molecule has 1 atom stereocenters. The van der Waals surface area contributed by atoms with Gasteiger partial charge in [0, 0.05) is 18.7 Å². The van der Waals surface area contributed by atoms with E-state index in [4.69, 9.17) is 9.47 Å². The Morgan fingerprint density at radius 3 is 2.36 bits per heavy atom. The number of likely N-dealkylation sites (N-methyl/N-ethyl adjacent to an activating group) is 1. The number of likely N-dealkylation sites (tertiary alicyclic amines) is 1. The van der Waals surface area contributed by atoms with Crippen molar-refractivity contribution in [1.29, 1.82) is 0 Å². The molecule has 7 heteroatoms. The fourth-order valence-electron chi connectivity index (χ4n) is 4.51. The molecule has 0 aromatic heterocycles. The Morgan fingerprint density at radius 2 is 1.69 bits per heavy atom. The second-order valence-electron chi connectivity index (χ2n) is 10.5. The number of aliphatic hydroxyl groups is 1. The Labute approximate surface area is 230 Å². The molecule has 1 heterocycles. The monoisotopic (exact) mass is 528 g/mol. The molecule has 0 saturated carbocycles. The van der Waals surface area contributed by atoms with Crippen LogP contribution in [0, 0.1) is 12.8 Å². The summed E-state index contributed by atoms with van der Waals surface area (Å²) in [4.78, 5) is 30.1. The van der Waals surface area contributed by atoms with Crippen LogP contribution in [-0.4, -0.2) is 60.4 Å². The van der Waals surface area contributed by atoms with E-state index >= 15 is 0 Å². The highest BCUT2D eigenvalue weighted by Crippen LogP contribution is 2.41. The number of carbonyl (C=O) groups excluding carboxylic acids is 2. The quantitative estimate of drug-likeness (QED) is 0.203. The zero-order valence-electron chi connectivity index (χ0n) is 23.2. The standard InChI is InChI=1S/C32H36N2O5/c1-21(2)20-38-27-15-14-24(18-22(27)3)30(35)28-29(34(17-16-33(4)5)32(37)31(28)36)23-10-9-13-26(19-23)39-25-11-7-6-8-12-25/h6-15,18-19,21,29,35H,16-17,20H2,1-5H3/b30-28+/t29-/m0/s1. The topological polar surface area (TPSA) is 79.3 Å². The molecule has 1 aliphatic rings. The molecule has 204 valence electrons. The van der Waals surface area contributed by atoms with Gasteiger partial charge in [0.05, 0.1) is 18.2 Å². The Bertz CT molecular complexity index is 1360. The highest BCUT2D eigenvalue weighted by atomic mass is 16.5. The van der Waals surface area contributed by atoms with E-state index in [1.54, 1.807) is 18.2 Å². The van der Waals surface area contributed by atoms with Gasteiger partial charge in [0.2, 0.25) is 0 Å². The average molecular weight is 529 g/mol. The first-order chi connectivity index (χ1) is 18.7. The second-order valence-corrected chi connectivity index (χ2v) is 10.5.